The molecule has 1 heterocycles. The lowest BCUT2D eigenvalue weighted by Crippen LogP contribution is -2.35. The van der Waals surface area contributed by atoms with Crippen molar-refractivity contribution in [1.29, 1.82) is 5.26 Å². The number of sulfonamides is 1. The molecule has 152 valence electrons. The average Bonchev–Trinajstić information content (AvgIpc) is 2.74. The third-order valence-corrected chi connectivity index (χ3v) is 5.92. The lowest BCUT2D eigenvalue weighted by Gasteiger charge is -2.17. The molecule has 0 saturated carbocycles. The zero-order valence-corrected chi connectivity index (χ0v) is 16.7. The normalized spacial score (nSPS) is 11.1. The van der Waals surface area contributed by atoms with Gasteiger partial charge >= 0.3 is 0 Å². The van der Waals surface area contributed by atoms with Gasteiger partial charge in [-0.25, -0.2) is 18.4 Å². The van der Waals surface area contributed by atoms with E-state index in [4.69, 9.17) is 5.26 Å². The molecule has 0 fully saturated rings. The van der Waals surface area contributed by atoms with E-state index in [1.165, 1.54) is 55.8 Å². The number of benzene rings is 2. The Hall–Kier alpha value is -3.81. The highest BCUT2D eigenvalue weighted by Crippen LogP contribution is 2.20. The fraction of sp³-hybridized carbons (Fsp3) is 0.100. The summed E-state index contributed by atoms with van der Waals surface area (Å²) in [6.07, 6.45) is 2.78. The molecule has 0 atom stereocenters. The van der Waals surface area contributed by atoms with Crippen LogP contribution in [0.1, 0.15) is 5.56 Å². The van der Waals surface area contributed by atoms with Crippen molar-refractivity contribution >= 4 is 21.6 Å². The highest BCUT2D eigenvalue weighted by atomic mass is 32.2. The fourth-order valence-corrected chi connectivity index (χ4v) is 3.68. The summed E-state index contributed by atoms with van der Waals surface area (Å²) in [6, 6.07) is 13.8. The summed E-state index contributed by atoms with van der Waals surface area (Å²) in [7, 11) is -2.60. The number of hydrogen-bond acceptors (Lipinski definition) is 7. The van der Waals surface area contributed by atoms with Crippen LogP contribution in [-0.4, -0.2) is 47.3 Å². The molecule has 30 heavy (non-hydrogen) atoms. The highest BCUT2D eigenvalue weighted by molar-refractivity contribution is 7.89. The lowest BCUT2D eigenvalue weighted by atomic mass is 10.2. The number of phenols is 1. The van der Waals surface area contributed by atoms with Gasteiger partial charge in [-0.2, -0.15) is 9.57 Å². The first kappa shape index (κ1) is 20.9. The van der Waals surface area contributed by atoms with Crippen LogP contribution in [-0.2, 0) is 14.8 Å². The number of aromatic nitrogens is 2. The van der Waals surface area contributed by atoms with E-state index in [9.17, 15) is 18.3 Å². The van der Waals surface area contributed by atoms with Gasteiger partial charge in [0.05, 0.1) is 41.2 Å². The van der Waals surface area contributed by atoms with Gasteiger partial charge in [-0.15, -0.1) is 0 Å². The number of rotatable bonds is 6. The van der Waals surface area contributed by atoms with Crippen LogP contribution >= 0.6 is 0 Å². The molecule has 2 N–H and O–H groups in total. The first-order valence-electron chi connectivity index (χ1n) is 8.67. The summed E-state index contributed by atoms with van der Waals surface area (Å²) in [5.41, 5.74) is 1.25. The molecule has 0 saturated heterocycles. The van der Waals surface area contributed by atoms with Crippen LogP contribution in [0.2, 0.25) is 0 Å². The first-order chi connectivity index (χ1) is 14.3. The van der Waals surface area contributed by atoms with Gasteiger partial charge < -0.3 is 10.4 Å². The number of likely N-dealkylation sites (N-methyl/N-ethyl adjacent to an activating group) is 1. The van der Waals surface area contributed by atoms with E-state index in [-0.39, 0.29) is 10.6 Å². The number of nitrogens with zero attached hydrogens (tertiary/aromatic N) is 4. The Morgan fingerprint density at radius 1 is 1.17 bits per heavy atom. The van der Waals surface area contributed by atoms with Gasteiger partial charge in [-0.1, -0.05) is 12.1 Å². The molecule has 2 aromatic carbocycles. The fourth-order valence-electron chi connectivity index (χ4n) is 2.56. The molecule has 0 aliphatic heterocycles. The van der Waals surface area contributed by atoms with Gasteiger partial charge in [0.2, 0.25) is 15.9 Å². The molecular formula is C20H17N5O4S. The zero-order valence-electron chi connectivity index (χ0n) is 15.8. The molecule has 1 amide bonds. The summed E-state index contributed by atoms with van der Waals surface area (Å²) >= 11 is 0. The molecule has 0 spiro atoms. The molecule has 0 radical (unpaired) electrons. The summed E-state index contributed by atoms with van der Waals surface area (Å²) in [5, 5.41) is 20.9. The smallest absolute Gasteiger partial charge is 0.243 e. The predicted molar refractivity (Wildman–Crippen MR) is 109 cm³/mol. The highest BCUT2D eigenvalue weighted by Gasteiger charge is 2.23. The van der Waals surface area contributed by atoms with Crippen LogP contribution in [0.5, 0.6) is 5.75 Å². The minimum Gasteiger partial charge on any atom is -0.508 e. The number of nitrogens with one attached hydrogen (secondary N) is 1. The van der Waals surface area contributed by atoms with E-state index in [2.05, 4.69) is 15.3 Å². The van der Waals surface area contributed by atoms with Crippen LogP contribution in [0, 0.1) is 11.3 Å². The summed E-state index contributed by atoms with van der Waals surface area (Å²) in [6.45, 7) is -0.420. The van der Waals surface area contributed by atoms with Crippen LogP contribution in [0.25, 0.3) is 11.4 Å². The quantitative estimate of drug-likeness (QED) is 0.618. The van der Waals surface area contributed by atoms with E-state index in [1.807, 2.05) is 6.07 Å². The Morgan fingerprint density at radius 3 is 2.43 bits per heavy atom. The van der Waals surface area contributed by atoms with Gasteiger partial charge in [0.25, 0.3) is 0 Å². The maximum absolute atomic E-state index is 12.6. The minimum absolute atomic E-state index is 0.0180. The number of aromatic hydroxyl groups is 1. The van der Waals surface area contributed by atoms with Gasteiger partial charge in [-0.05, 0) is 36.4 Å². The Balaban J connectivity index is 1.65. The lowest BCUT2D eigenvalue weighted by molar-refractivity contribution is -0.116. The second-order valence-corrected chi connectivity index (χ2v) is 8.34. The third kappa shape index (κ3) is 4.78. The number of phenolic OH excluding ortho intramolecular Hbond substituents is 1. The largest absolute Gasteiger partial charge is 0.508 e. The van der Waals surface area contributed by atoms with E-state index in [0.29, 0.717) is 22.6 Å². The van der Waals surface area contributed by atoms with Crippen molar-refractivity contribution in [2.24, 2.45) is 0 Å². The maximum Gasteiger partial charge on any atom is 0.243 e. The molecule has 0 bridgehead atoms. The second-order valence-electron chi connectivity index (χ2n) is 6.29. The number of amides is 1. The first-order valence-corrected chi connectivity index (χ1v) is 10.1. The number of carbonyl (C=O) groups excluding carboxylic acids is 1. The monoisotopic (exact) mass is 423 g/mol. The summed E-state index contributed by atoms with van der Waals surface area (Å²) in [5.74, 6) is -0.118. The van der Waals surface area contributed by atoms with Crippen LogP contribution in [0.3, 0.4) is 0 Å². The minimum atomic E-state index is -3.89. The van der Waals surface area contributed by atoms with E-state index in [1.54, 1.807) is 12.1 Å². The van der Waals surface area contributed by atoms with Gasteiger partial charge in [0, 0.05) is 12.6 Å². The van der Waals surface area contributed by atoms with Crippen LogP contribution in [0.15, 0.2) is 65.8 Å². The van der Waals surface area contributed by atoms with Gasteiger partial charge in [0.1, 0.15) is 5.75 Å². The van der Waals surface area contributed by atoms with Gasteiger partial charge in [-0.3, -0.25) is 4.79 Å². The van der Waals surface area contributed by atoms with Gasteiger partial charge in [0.15, 0.2) is 5.82 Å². The molecule has 10 heteroatoms. The van der Waals surface area contributed by atoms with Crippen LogP contribution < -0.4 is 5.32 Å². The molecule has 0 aliphatic carbocycles. The predicted octanol–water partition coefficient (Wildman–Crippen LogP) is 1.98. The Kier molecular flexibility index (Phi) is 6.06. The molecular weight excluding hydrogens is 406 g/mol. The number of hydrogen-bond donors (Lipinski definition) is 2. The number of anilines is 1. The van der Waals surface area contributed by atoms with Crippen molar-refractivity contribution in [3.63, 3.8) is 0 Å². The molecule has 1 aromatic heterocycles. The van der Waals surface area contributed by atoms with E-state index in [0.717, 1.165) is 4.31 Å². The van der Waals surface area contributed by atoms with E-state index < -0.39 is 22.5 Å². The second kappa shape index (κ2) is 8.69. The van der Waals surface area contributed by atoms with Crippen molar-refractivity contribution in [3.8, 4) is 23.2 Å². The third-order valence-electron chi connectivity index (χ3n) is 4.10. The Labute approximate surface area is 173 Å². The number of carbonyl (C=O) groups is 1. The maximum atomic E-state index is 12.6. The average molecular weight is 423 g/mol. The van der Waals surface area contributed by atoms with E-state index >= 15 is 0 Å². The summed E-state index contributed by atoms with van der Waals surface area (Å²) < 4.78 is 26.0. The van der Waals surface area contributed by atoms with Crippen molar-refractivity contribution in [1.82, 2.24) is 14.3 Å². The molecule has 3 rings (SSSR count). The molecule has 9 nitrogen and oxygen atoms in total. The van der Waals surface area contributed by atoms with Crippen molar-refractivity contribution < 1.29 is 18.3 Å². The van der Waals surface area contributed by atoms with Crippen molar-refractivity contribution in [2.75, 3.05) is 18.9 Å². The molecule has 3 aromatic rings. The zero-order chi connectivity index (χ0) is 21.7. The number of nitriles is 1. The Bertz CT molecular complexity index is 1200. The van der Waals surface area contributed by atoms with Crippen molar-refractivity contribution in [3.05, 3.63) is 66.5 Å². The van der Waals surface area contributed by atoms with Crippen molar-refractivity contribution in [2.45, 2.75) is 4.90 Å². The molecule has 0 unspecified atom stereocenters. The Morgan fingerprint density at radius 2 is 1.83 bits per heavy atom. The SMILES string of the molecule is CN(CC(=O)Nc1cnc(-c2cccc(O)c2)nc1)S(=O)(=O)c1ccc(C#N)cc1. The molecule has 0 aliphatic rings. The standard InChI is InChI=1S/C20H17N5O4S/c1-25(30(28,29)18-7-5-14(10-21)6-8-18)13-19(27)24-16-11-22-20(23-12-16)15-3-2-4-17(26)9-15/h2-9,11-12,26H,13H2,1H3,(H,24,27). The van der Waals surface area contributed by atoms with Crippen LogP contribution in [0.4, 0.5) is 5.69 Å². The topological polar surface area (TPSA) is 136 Å². The summed E-state index contributed by atoms with van der Waals surface area (Å²) in [4.78, 5) is 20.5.